The van der Waals surface area contributed by atoms with Gasteiger partial charge in [0.2, 0.25) is 0 Å². The second-order valence-electron chi connectivity index (χ2n) is 3.82. The lowest BCUT2D eigenvalue weighted by Crippen LogP contribution is -2.24. The molecule has 0 aliphatic carbocycles. The van der Waals surface area contributed by atoms with Gasteiger partial charge in [0.1, 0.15) is 0 Å². The molecule has 0 spiro atoms. The maximum absolute atomic E-state index is 8.54. The molecular weight excluding hydrogens is 206 g/mol. The predicted octanol–water partition coefficient (Wildman–Crippen LogP) is 0.388. The molecule has 0 aliphatic rings. The third-order valence-corrected chi connectivity index (χ3v) is 2.67. The molecular formula is C11H21N3O2. The molecule has 0 amide bonds. The van der Waals surface area contributed by atoms with Crippen LogP contribution in [0, 0.1) is 6.92 Å². The summed E-state index contributed by atoms with van der Waals surface area (Å²) in [7, 11) is 1.94. The third-order valence-electron chi connectivity index (χ3n) is 2.67. The summed E-state index contributed by atoms with van der Waals surface area (Å²) >= 11 is 0. The summed E-state index contributed by atoms with van der Waals surface area (Å²) in [4.78, 5) is 0. The van der Waals surface area contributed by atoms with Gasteiger partial charge in [-0.1, -0.05) is 0 Å². The average Bonchev–Trinajstić information content (AvgIpc) is 2.59. The second-order valence-corrected chi connectivity index (χ2v) is 3.82. The smallest absolute Gasteiger partial charge is 0.0698 e. The van der Waals surface area contributed by atoms with Gasteiger partial charge in [-0.05, 0) is 13.8 Å². The van der Waals surface area contributed by atoms with E-state index in [2.05, 4.69) is 24.3 Å². The van der Waals surface area contributed by atoms with Crippen molar-refractivity contribution >= 4 is 0 Å². The van der Waals surface area contributed by atoms with E-state index >= 15 is 0 Å². The van der Waals surface area contributed by atoms with Crippen molar-refractivity contribution in [1.29, 1.82) is 0 Å². The normalized spacial score (nSPS) is 13.0. The highest BCUT2D eigenvalue weighted by Crippen LogP contribution is 2.15. The Morgan fingerprint density at radius 3 is 2.88 bits per heavy atom. The van der Waals surface area contributed by atoms with Crippen molar-refractivity contribution in [3.05, 3.63) is 17.5 Å². The van der Waals surface area contributed by atoms with Gasteiger partial charge >= 0.3 is 0 Å². The van der Waals surface area contributed by atoms with E-state index in [9.17, 15) is 0 Å². The van der Waals surface area contributed by atoms with Gasteiger partial charge in [0.15, 0.2) is 0 Å². The summed E-state index contributed by atoms with van der Waals surface area (Å²) in [5.41, 5.74) is 2.39. The van der Waals surface area contributed by atoms with E-state index in [1.54, 1.807) is 0 Å². The molecule has 1 heterocycles. The number of nitrogens with zero attached hydrogens (tertiary/aromatic N) is 2. The number of nitrogens with one attached hydrogen (secondary N) is 1. The number of aliphatic hydroxyl groups is 1. The van der Waals surface area contributed by atoms with Gasteiger partial charge < -0.3 is 15.2 Å². The number of aromatic nitrogens is 2. The Balaban J connectivity index is 2.30. The van der Waals surface area contributed by atoms with E-state index in [4.69, 9.17) is 9.84 Å². The Morgan fingerprint density at radius 1 is 1.56 bits per heavy atom. The first-order valence-corrected chi connectivity index (χ1v) is 5.57. The quantitative estimate of drug-likeness (QED) is 0.662. The molecule has 0 aromatic carbocycles. The lowest BCUT2D eigenvalue weighted by Gasteiger charge is -2.13. The zero-order valence-electron chi connectivity index (χ0n) is 10.2. The molecule has 0 bridgehead atoms. The van der Waals surface area contributed by atoms with Crippen LogP contribution in [0.5, 0.6) is 0 Å². The van der Waals surface area contributed by atoms with Crippen LogP contribution in [0.2, 0.25) is 0 Å². The highest BCUT2D eigenvalue weighted by Gasteiger charge is 2.10. The van der Waals surface area contributed by atoms with Crippen LogP contribution in [0.1, 0.15) is 24.2 Å². The number of hydrogen-bond donors (Lipinski definition) is 2. The van der Waals surface area contributed by atoms with E-state index < -0.39 is 0 Å². The second kappa shape index (κ2) is 6.62. The van der Waals surface area contributed by atoms with Crippen LogP contribution in [0.4, 0.5) is 0 Å². The summed E-state index contributed by atoms with van der Waals surface area (Å²) in [6.07, 6.45) is 1.89. The molecule has 2 N–H and O–H groups in total. The third kappa shape index (κ3) is 3.59. The van der Waals surface area contributed by atoms with Crippen LogP contribution in [0.25, 0.3) is 0 Å². The van der Waals surface area contributed by atoms with Crippen LogP contribution >= 0.6 is 0 Å². The van der Waals surface area contributed by atoms with E-state index in [1.165, 1.54) is 11.3 Å². The van der Waals surface area contributed by atoms with Crippen molar-refractivity contribution in [3.63, 3.8) is 0 Å². The summed E-state index contributed by atoms with van der Waals surface area (Å²) < 4.78 is 7.04. The maximum Gasteiger partial charge on any atom is 0.0698 e. The van der Waals surface area contributed by atoms with Crippen LogP contribution in [0.15, 0.2) is 6.20 Å². The maximum atomic E-state index is 8.54. The molecule has 5 heteroatoms. The molecule has 1 aromatic heterocycles. The predicted molar refractivity (Wildman–Crippen MR) is 62.3 cm³/mol. The Morgan fingerprint density at radius 2 is 2.31 bits per heavy atom. The Labute approximate surface area is 96.4 Å². The van der Waals surface area contributed by atoms with Crippen molar-refractivity contribution in [2.24, 2.45) is 7.05 Å². The molecule has 5 nitrogen and oxygen atoms in total. The fraction of sp³-hybridized carbons (Fsp3) is 0.727. The summed E-state index contributed by atoms with van der Waals surface area (Å²) in [5.74, 6) is 0. The first-order valence-electron chi connectivity index (χ1n) is 5.57. The van der Waals surface area contributed by atoms with Gasteiger partial charge in [-0.2, -0.15) is 5.10 Å². The zero-order valence-corrected chi connectivity index (χ0v) is 10.2. The minimum Gasteiger partial charge on any atom is -0.394 e. The minimum absolute atomic E-state index is 0.0806. The number of hydrogen-bond acceptors (Lipinski definition) is 4. The van der Waals surface area contributed by atoms with E-state index in [-0.39, 0.29) is 12.6 Å². The van der Waals surface area contributed by atoms with Gasteiger partial charge in [-0.15, -0.1) is 0 Å². The van der Waals surface area contributed by atoms with Gasteiger partial charge in [0.05, 0.1) is 26.0 Å². The Kier molecular flexibility index (Phi) is 5.45. The van der Waals surface area contributed by atoms with Crippen molar-refractivity contribution in [2.45, 2.75) is 19.9 Å². The van der Waals surface area contributed by atoms with Crippen LogP contribution < -0.4 is 5.32 Å². The first kappa shape index (κ1) is 13.2. The lowest BCUT2D eigenvalue weighted by molar-refractivity contribution is 0.0928. The van der Waals surface area contributed by atoms with Crippen molar-refractivity contribution in [1.82, 2.24) is 15.1 Å². The number of rotatable bonds is 7. The SMILES string of the molecule is Cc1c(C(C)NCCOCCO)cnn1C. The van der Waals surface area contributed by atoms with Crippen molar-refractivity contribution in [2.75, 3.05) is 26.4 Å². The summed E-state index contributed by atoms with van der Waals surface area (Å²) in [6.45, 7) is 6.04. The fourth-order valence-corrected chi connectivity index (χ4v) is 1.56. The summed E-state index contributed by atoms with van der Waals surface area (Å²) in [6, 6.07) is 0.270. The standard InChI is InChI=1S/C11H21N3O2/c1-9(12-4-6-16-7-5-15)11-8-13-14(3)10(11)2/h8-9,12,15H,4-7H2,1-3H3. The molecule has 0 saturated carbocycles. The van der Waals surface area contributed by atoms with E-state index in [0.29, 0.717) is 13.2 Å². The van der Waals surface area contributed by atoms with Crippen molar-refractivity contribution in [3.8, 4) is 0 Å². The van der Waals surface area contributed by atoms with Crippen LogP contribution in [-0.2, 0) is 11.8 Å². The first-order chi connectivity index (χ1) is 7.66. The lowest BCUT2D eigenvalue weighted by atomic mass is 10.1. The molecule has 1 rings (SSSR count). The Hall–Kier alpha value is -0.910. The van der Waals surface area contributed by atoms with Gasteiger partial charge in [-0.25, -0.2) is 0 Å². The topological polar surface area (TPSA) is 59.3 Å². The zero-order chi connectivity index (χ0) is 12.0. The minimum atomic E-state index is 0.0806. The molecule has 1 unspecified atom stereocenters. The van der Waals surface area contributed by atoms with Gasteiger partial charge in [0.25, 0.3) is 0 Å². The van der Waals surface area contributed by atoms with Crippen molar-refractivity contribution < 1.29 is 9.84 Å². The monoisotopic (exact) mass is 227 g/mol. The van der Waals surface area contributed by atoms with Gasteiger partial charge in [-0.3, -0.25) is 4.68 Å². The highest BCUT2D eigenvalue weighted by atomic mass is 16.5. The molecule has 16 heavy (non-hydrogen) atoms. The molecule has 0 radical (unpaired) electrons. The Bertz CT molecular complexity index is 312. The van der Waals surface area contributed by atoms with Gasteiger partial charge in [0, 0.05) is 30.9 Å². The largest absolute Gasteiger partial charge is 0.394 e. The molecule has 0 saturated heterocycles. The van der Waals surface area contributed by atoms with E-state index in [0.717, 1.165) is 6.54 Å². The average molecular weight is 227 g/mol. The molecule has 0 fully saturated rings. The number of aliphatic hydroxyl groups excluding tert-OH is 1. The van der Waals surface area contributed by atoms with Crippen LogP contribution in [0.3, 0.4) is 0 Å². The van der Waals surface area contributed by atoms with E-state index in [1.807, 2.05) is 17.9 Å². The molecule has 92 valence electrons. The molecule has 0 aliphatic heterocycles. The number of aryl methyl sites for hydroxylation is 1. The molecule has 1 aromatic rings. The fourth-order valence-electron chi connectivity index (χ4n) is 1.56. The van der Waals surface area contributed by atoms with Crippen LogP contribution in [-0.4, -0.2) is 41.3 Å². The summed E-state index contributed by atoms with van der Waals surface area (Å²) in [5, 5.41) is 16.1. The highest BCUT2D eigenvalue weighted by molar-refractivity contribution is 5.19. The number of ether oxygens (including phenoxy) is 1. The molecule has 1 atom stereocenters.